The Bertz CT molecular complexity index is 1230. The summed E-state index contributed by atoms with van der Waals surface area (Å²) in [6.07, 6.45) is 1.47. The quantitative estimate of drug-likeness (QED) is 0.396. The van der Waals surface area contributed by atoms with Crippen molar-refractivity contribution in [2.24, 2.45) is 0 Å². The number of amides is 1. The Kier molecular flexibility index (Phi) is 6.52. The number of carboxylic acid groups (broad SMARTS) is 1. The number of para-hydroxylation sites is 2. The molecule has 0 aliphatic rings. The third kappa shape index (κ3) is 5.36. The highest BCUT2D eigenvalue weighted by Gasteiger charge is 2.24. The minimum atomic E-state index is -4.28. The number of hydrogen-bond donors (Lipinski definition) is 4. The van der Waals surface area contributed by atoms with E-state index in [2.05, 4.69) is 15.4 Å². The van der Waals surface area contributed by atoms with E-state index < -0.39 is 20.9 Å². The maximum absolute atomic E-state index is 13.0. The lowest BCUT2D eigenvalue weighted by molar-refractivity contribution is -0.114. The molecule has 0 bridgehead atoms. The van der Waals surface area contributed by atoms with Crippen molar-refractivity contribution < 1.29 is 27.5 Å². The second-order valence-electron chi connectivity index (χ2n) is 6.40. The number of rotatable bonds is 8. The van der Waals surface area contributed by atoms with E-state index in [4.69, 9.17) is 16.0 Å². The Morgan fingerprint density at radius 1 is 1.06 bits per heavy atom. The predicted molar refractivity (Wildman–Crippen MR) is 116 cm³/mol. The average Bonchev–Trinajstić information content (AvgIpc) is 3.20. The van der Waals surface area contributed by atoms with Crippen molar-refractivity contribution in [3.05, 3.63) is 71.1 Å². The van der Waals surface area contributed by atoms with Gasteiger partial charge in [0.25, 0.3) is 10.0 Å². The molecule has 162 valence electrons. The van der Waals surface area contributed by atoms with Gasteiger partial charge in [0.05, 0.1) is 40.5 Å². The van der Waals surface area contributed by atoms with E-state index in [1.54, 1.807) is 24.3 Å². The first-order chi connectivity index (χ1) is 14.7. The van der Waals surface area contributed by atoms with Crippen LogP contribution in [0.2, 0.25) is 5.02 Å². The maximum Gasteiger partial charge on any atom is 0.337 e. The van der Waals surface area contributed by atoms with Crippen LogP contribution < -0.4 is 15.4 Å². The van der Waals surface area contributed by atoms with Gasteiger partial charge in [-0.25, -0.2) is 13.2 Å². The van der Waals surface area contributed by atoms with Crippen LogP contribution in [-0.2, 0) is 21.4 Å². The number of sulfonamides is 1. The Labute approximate surface area is 183 Å². The number of hydrogen-bond acceptors (Lipinski definition) is 6. The number of aromatic carboxylic acids is 1. The summed E-state index contributed by atoms with van der Waals surface area (Å²) in [7, 11) is -4.28. The summed E-state index contributed by atoms with van der Waals surface area (Å²) >= 11 is 6.20. The SMILES string of the molecule is CC(=O)Nc1ccccc1NS(=O)(=O)c1cc(C(=O)O)c(NCc2ccco2)cc1Cl. The van der Waals surface area contributed by atoms with Gasteiger partial charge in [0, 0.05) is 6.92 Å². The zero-order valence-electron chi connectivity index (χ0n) is 16.2. The molecule has 2 aromatic carbocycles. The van der Waals surface area contributed by atoms with Gasteiger partial charge < -0.3 is 20.2 Å². The topological polar surface area (TPSA) is 138 Å². The van der Waals surface area contributed by atoms with Crippen LogP contribution in [0.15, 0.2) is 64.1 Å². The Morgan fingerprint density at radius 2 is 1.77 bits per heavy atom. The van der Waals surface area contributed by atoms with Gasteiger partial charge in [-0.2, -0.15) is 0 Å². The Morgan fingerprint density at radius 3 is 2.39 bits per heavy atom. The highest BCUT2D eigenvalue weighted by atomic mass is 35.5. The molecule has 0 saturated carbocycles. The molecule has 0 saturated heterocycles. The van der Waals surface area contributed by atoms with Gasteiger partial charge in [-0.1, -0.05) is 23.7 Å². The second-order valence-corrected chi connectivity index (χ2v) is 8.46. The molecule has 1 aromatic heterocycles. The summed E-state index contributed by atoms with van der Waals surface area (Å²) in [5.74, 6) is -1.17. The molecular formula is C20H18ClN3O6S. The number of furan rings is 1. The molecule has 0 aliphatic heterocycles. The van der Waals surface area contributed by atoms with E-state index in [1.807, 2.05) is 0 Å². The fourth-order valence-electron chi connectivity index (χ4n) is 2.75. The standard InChI is InChI=1S/C20H18ClN3O6S/c1-12(25)23-16-6-2-3-7-17(16)24-31(28,29)19-9-14(20(26)27)18(10-15(19)21)22-11-13-5-4-8-30-13/h2-10,22,24H,11H2,1H3,(H,23,25)(H,26,27). The van der Waals surface area contributed by atoms with Gasteiger partial charge in [-0.05, 0) is 36.4 Å². The number of anilines is 3. The number of nitrogens with one attached hydrogen (secondary N) is 3. The molecule has 0 fully saturated rings. The van der Waals surface area contributed by atoms with Crippen molar-refractivity contribution in [3.8, 4) is 0 Å². The van der Waals surface area contributed by atoms with Crippen LogP contribution in [-0.4, -0.2) is 25.4 Å². The number of carboxylic acids is 1. The Hall–Kier alpha value is -3.50. The maximum atomic E-state index is 13.0. The number of benzene rings is 2. The molecule has 9 nitrogen and oxygen atoms in total. The zero-order valence-corrected chi connectivity index (χ0v) is 17.8. The van der Waals surface area contributed by atoms with E-state index in [1.165, 1.54) is 31.4 Å². The van der Waals surface area contributed by atoms with Gasteiger partial charge in [-0.15, -0.1) is 0 Å². The molecule has 4 N–H and O–H groups in total. The molecule has 31 heavy (non-hydrogen) atoms. The molecule has 1 heterocycles. The molecule has 0 aliphatic carbocycles. The summed E-state index contributed by atoms with van der Waals surface area (Å²) in [5, 5.41) is 14.8. The first-order valence-electron chi connectivity index (χ1n) is 8.90. The minimum Gasteiger partial charge on any atom is -0.478 e. The Balaban J connectivity index is 1.95. The number of carbonyl (C=O) groups is 2. The summed E-state index contributed by atoms with van der Waals surface area (Å²) in [6.45, 7) is 1.47. The smallest absolute Gasteiger partial charge is 0.337 e. The lowest BCUT2D eigenvalue weighted by atomic mass is 10.1. The molecule has 3 rings (SSSR count). The van der Waals surface area contributed by atoms with Crippen LogP contribution in [0.4, 0.5) is 17.1 Å². The van der Waals surface area contributed by atoms with Gasteiger partial charge >= 0.3 is 5.97 Å². The van der Waals surface area contributed by atoms with Crippen LogP contribution in [0.3, 0.4) is 0 Å². The monoisotopic (exact) mass is 463 g/mol. The van der Waals surface area contributed by atoms with E-state index >= 15 is 0 Å². The summed E-state index contributed by atoms with van der Waals surface area (Å²) < 4.78 is 33.4. The minimum absolute atomic E-state index is 0.102. The molecule has 0 unspecified atom stereocenters. The second kappa shape index (κ2) is 9.11. The number of halogens is 1. The lowest BCUT2D eigenvalue weighted by Crippen LogP contribution is -2.17. The zero-order chi connectivity index (χ0) is 22.6. The van der Waals surface area contributed by atoms with Crippen molar-refractivity contribution in [1.29, 1.82) is 0 Å². The van der Waals surface area contributed by atoms with Crippen LogP contribution in [0.25, 0.3) is 0 Å². The van der Waals surface area contributed by atoms with Crippen LogP contribution >= 0.6 is 11.6 Å². The third-order valence-corrected chi connectivity index (χ3v) is 5.94. The lowest BCUT2D eigenvalue weighted by Gasteiger charge is -2.16. The summed E-state index contributed by atoms with van der Waals surface area (Å²) in [6, 6.07) is 11.7. The normalized spacial score (nSPS) is 11.0. The third-order valence-electron chi connectivity index (χ3n) is 4.11. The first-order valence-corrected chi connectivity index (χ1v) is 10.8. The molecular weight excluding hydrogens is 446 g/mol. The highest BCUT2D eigenvalue weighted by molar-refractivity contribution is 7.92. The average molecular weight is 464 g/mol. The molecule has 3 aromatic rings. The largest absolute Gasteiger partial charge is 0.478 e. The predicted octanol–water partition coefficient (Wildman–Crippen LogP) is 4.00. The van der Waals surface area contributed by atoms with E-state index in [-0.39, 0.29) is 40.1 Å². The number of carbonyl (C=O) groups excluding carboxylic acids is 1. The van der Waals surface area contributed by atoms with Gasteiger partial charge in [0.15, 0.2) is 0 Å². The van der Waals surface area contributed by atoms with Crippen molar-refractivity contribution >= 4 is 50.6 Å². The van der Waals surface area contributed by atoms with Gasteiger partial charge in [-0.3, -0.25) is 9.52 Å². The molecule has 0 radical (unpaired) electrons. The van der Waals surface area contributed by atoms with Crippen molar-refractivity contribution in [1.82, 2.24) is 0 Å². The first kappa shape index (κ1) is 22.2. The molecule has 11 heteroatoms. The fraction of sp³-hybridized carbons (Fsp3) is 0.100. The van der Waals surface area contributed by atoms with Gasteiger partial charge in [0.1, 0.15) is 10.7 Å². The molecule has 0 spiro atoms. The van der Waals surface area contributed by atoms with Crippen molar-refractivity contribution in [3.63, 3.8) is 0 Å². The van der Waals surface area contributed by atoms with Crippen LogP contribution in [0, 0.1) is 0 Å². The van der Waals surface area contributed by atoms with Gasteiger partial charge in [0.2, 0.25) is 5.91 Å². The van der Waals surface area contributed by atoms with E-state index in [9.17, 15) is 23.1 Å². The van der Waals surface area contributed by atoms with Crippen LogP contribution in [0.5, 0.6) is 0 Å². The van der Waals surface area contributed by atoms with Crippen molar-refractivity contribution in [2.75, 3.05) is 15.4 Å². The van der Waals surface area contributed by atoms with E-state index in [0.29, 0.717) is 5.76 Å². The summed E-state index contributed by atoms with van der Waals surface area (Å²) in [5.41, 5.74) is 0.188. The molecule has 1 amide bonds. The van der Waals surface area contributed by atoms with E-state index in [0.717, 1.165) is 6.07 Å². The van der Waals surface area contributed by atoms with Crippen LogP contribution in [0.1, 0.15) is 23.0 Å². The highest BCUT2D eigenvalue weighted by Crippen LogP contribution is 2.32. The van der Waals surface area contributed by atoms with Crippen molar-refractivity contribution in [2.45, 2.75) is 18.4 Å². The molecule has 0 atom stereocenters. The summed E-state index contributed by atoms with van der Waals surface area (Å²) in [4.78, 5) is 22.7. The fourth-order valence-corrected chi connectivity index (χ4v) is 4.38.